The number of sulfonamides is 1. The topological polar surface area (TPSA) is 90.3 Å². The molecule has 1 aromatic carbocycles. The molecule has 6 nitrogen and oxygen atoms in total. The number of hydrogen-bond donors (Lipinski definition) is 1. The van der Waals surface area contributed by atoms with Crippen molar-refractivity contribution in [1.29, 1.82) is 5.26 Å². The Balaban J connectivity index is 1.86. The van der Waals surface area contributed by atoms with Gasteiger partial charge < -0.3 is 5.32 Å². The maximum atomic E-state index is 12.5. The molecule has 0 unspecified atom stereocenters. The van der Waals surface area contributed by atoms with Crippen LogP contribution >= 0.6 is 0 Å². The van der Waals surface area contributed by atoms with Gasteiger partial charge >= 0.3 is 0 Å². The van der Waals surface area contributed by atoms with E-state index in [2.05, 4.69) is 11.4 Å². The summed E-state index contributed by atoms with van der Waals surface area (Å²) in [5.74, 6) is -0.266. The summed E-state index contributed by atoms with van der Waals surface area (Å²) in [5, 5.41) is 12.3. The Morgan fingerprint density at radius 3 is 2.62 bits per heavy atom. The van der Waals surface area contributed by atoms with Crippen LogP contribution in [0.4, 0.5) is 5.69 Å². The van der Waals surface area contributed by atoms with Crippen molar-refractivity contribution >= 4 is 21.6 Å². The molecule has 0 saturated heterocycles. The summed E-state index contributed by atoms with van der Waals surface area (Å²) in [7, 11) is -3.32. The molecule has 3 rings (SSSR count). The predicted octanol–water partition coefficient (Wildman–Crippen LogP) is 1.96. The third-order valence-corrected chi connectivity index (χ3v) is 6.02. The van der Waals surface area contributed by atoms with Crippen LogP contribution < -0.4 is 9.62 Å². The normalized spacial score (nSPS) is 19.4. The number of nitriles is 1. The molecule has 7 heteroatoms. The van der Waals surface area contributed by atoms with Crippen LogP contribution in [0.5, 0.6) is 0 Å². The van der Waals surface area contributed by atoms with E-state index >= 15 is 0 Å². The lowest BCUT2D eigenvalue weighted by Gasteiger charge is -2.29. The largest absolute Gasteiger partial charge is 0.334 e. The van der Waals surface area contributed by atoms with Crippen molar-refractivity contribution in [3.05, 3.63) is 29.3 Å². The highest BCUT2D eigenvalue weighted by Crippen LogP contribution is 2.31. The smallest absolute Gasteiger partial charge is 0.252 e. The van der Waals surface area contributed by atoms with E-state index in [0.717, 1.165) is 31.2 Å². The minimum atomic E-state index is -3.32. The first kappa shape index (κ1) is 16.8. The fraction of sp³-hybridized carbons (Fsp3) is 0.529. The molecule has 0 aromatic heterocycles. The van der Waals surface area contributed by atoms with Crippen LogP contribution in [0.15, 0.2) is 18.2 Å². The van der Waals surface area contributed by atoms with E-state index in [-0.39, 0.29) is 5.91 Å². The zero-order valence-corrected chi connectivity index (χ0v) is 14.5. The van der Waals surface area contributed by atoms with E-state index < -0.39 is 15.6 Å². The van der Waals surface area contributed by atoms with Crippen LogP contribution in [-0.4, -0.2) is 32.7 Å². The highest BCUT2D eigenvalue weighted by molar-refractivity contribution is 7.92. The molecule has 128 valence electrons. The molecular formula is C17H21N3O3S. The van der Waals surface area contributed by atoms with Crippen molar-refractivity contribution in [2.45, 2.75) is 44.1 Å². The molecule has 0 radical (unpaired) electrons. The number of nitrogens with zero attached hydrogens (tertiary/aromatic N) is 2. The molecule has 0 bridgehead atoms. The van der Waals surface area contributed by atoms with Gasteiger partial charge in [-0.05, 0) is 62.3 Å². The number of aryl methyl sites for hydroxylation is 1. The molecule has 1 fully saturated rings. The first-order valence-electron chi connectivity index (χ1n) is 8.19. The highest BCUT2D eigenvalue weighted by atomic mass is 32.2. The lowest BCUT2D eigenvalue weighted by molar-refractivity contribution is 0.0920. The summed E-state index contributed by atoms with van der Waals surface area (Å²) in [4.78, 5) is 12.5. The number of benzene rings is 1. The second-order valence-corrected chi connectivity index (χ2v) is 8.54. The summed E-state index contributed by atoms with van der Waals surface area (Å²) < 4.78 is 25.2. The Hall–Kier alpha value is -2.07. The van der Waals surface area contributed by atoms with Crippen LogP contribution in [0.1, 0.15) is 48.0 Å². The van der Waals surface area contributed by atoms with E-state index in [1.165, 1.54) is 10.6 Å². The molecule has 1 aliphatic carbocycles. The number of hydrogen-bond acceptors (Lipinski definition) is 4. The third-order valence-electron chi connectivity index (χ3n) is 4.84. The van der Waals surface area contributed by atoms with Crippen LogP contribution in [-0.2, 0) is 16.4 Å². The van der Waals surface area contributed by atoms with E-state index in [4.69, 9.17) is 0 Å². The molecule has 1 amide bonds. The molecule has 0 atom stereocenters. The summed E-state index contributed by atoms with van der Waals surface area (Å²) in [6.45, 7) is 0.467. The van der Waals surface area contributed by atoms with Crippen molar-refractivity contribution < 1.29 is 13.2 Å². The lowest BCUT2D eigenvalue weighted by atomic mass is 9.97. The van der Waals surface area contributed by atoms with Crippen molar-refractivity contribution in [3.8, 4) is 6.07 Å². The first-order valence-corrected chi connectivity index (χ1v) is 10.0. The molecule has 0 spiro atoms. The molecule has 1 N–H and O–H groups in total. The number of nitrogens with one attached hydrogen (secondary N) is 1. The summed E-state index contributed by atoms with van der Waals surface area (Å²) in [5.41, 5.74) is 1.23. The Labute approximate surface area is 142 Å². The number of anilines is 1. The van der Waals surface area contributed by atoms with E-state index in [9.17, 15) is 18.5 Å². The van der Waals surface area contributed by atoms with Crippen molar-refractivity contribution in [1.82, 2.24) is 5.32 Å². The average molecular weight is 347 g/mol. The van der Waals surface area contributed by atoms with Gasteiger partial charge in [0.05, 0.1) is 18.0 Å². The second kappa shape index (κ2) is 6.10. The van der Waals surface area contributed by atoms with E-state index in [1.807, 2.05) is 0 Å². The van der Waals surface area contributed by atoms with E-state index in [1.54, 1.807) is 18.2 Å². The first-order chi connectivity index (χ1) is 11.3. The Kier molecular flexibility index (Phi) is 4.26. The molecule has 1 aliphatic heterocycles. The molecule has 1 aromatic rings. The molecule has 1 heterocycles. The maximum Gasteiger partial charge on any atom is 0.252 e. The predicted molar refractivity (Wildman–Crippen MR) is 91.2 cm³/mol. The number of rotatable bonds is 3. The summed E-state index contributed by atoms with van der Waals surface area (Å²) in [6, 6.07) is 7.33. The second-order valence-electron chi connectivity index (χ2n) is 6.64. The Bertz CT molecular complexity index is 805. The maximum absolute atomic E-state index is 12.5. The molecule has 24 heavy (non-hydrogen) atoms. The number of carbonyl (C=O) groups excluding carboxylic acids is 1. The standard InChI is InChI=1S/C17H21N3O3S/c1-24(22,23)20-10-4-5-13-11-14(6-7-15(13)20)16(21)19-17(12-18)8-2-3-9-17/h6-7,11H,2-5,8-10H2,1H3,(H,19,21). The van der Waals surface area contributed by atoms with Gasteiger partial charge in [-0.15, -0.1) is 0 Å². The van der Waals surface area contributed by atoms with Crippen molar-refractivity contribution in [3.63, 3.8) is 0 Å². The van der Waals surface area contributed by atoms with Crippen LogP contribution in [0, 0.1) is 11.3 Å². The Morgan fingerprint density at radius 2 is 2.00 bits per heavy atom. The number of fused-ring (bicyclic) bond motifs is 1. The molecule has 1 saturated carbocycles. The zero-order chi connectivity index (χ0) is 17.4. The van der Waals surface area contributed by atoms with Gasteiger partial charge in [-0.3, -0.25) is 9.10 Å². The monoisotopic (exact) mass is 347 g/mol. The van der Waals surface area contributed by atoms with Crippen molar-refractivity contribution in [2.75, 3.05) is 17.1 Å². The minimum Gasteiger partial charge on any atom is -0.334 e. The fourth-order valence-electron chi connectivity index (χ4n) is 3.58. The van der Waals surface area contributed by atoms with Gasteiger partial charge in [0, 0.05) is 12.1 Å². The minimum absolute atomic E-state index is 0.266. The van der Waals surface area contributed by atoms with Crippen molar-refractivity contribution in [2.24, 2.45) is 0 Å². The van der Waals surface area contributed by atoms with Gasteiger partial charge in [0.25, 0.3) is 5.91 Å². The zero-order valence-electron chi connectivity index (χ0n) is 13.7. The van der Waals surface area contributed by atoms with Gasteiger partial charge in [0.2, 0.25) is 10.0 Å². The quantitative estimate of drug-likeness (QED) is 0.905. The molecular weight excluding hydrogens is 326 g/mol. The summed E-state index contributed by atoms with van der Waals surface area (Å²) in [6.07, 6.45) is 5.92. The SMILES string of the molecule is CS(=O)(=O)N1CCCc2cc(C(=O)NC3(C#N)CCCC3)ccc21. The summed E-state index contributed by atoms with van der Waals surface area (Å²) >= 11 is 0. The van der Waals surface area contributed by atoms with Gasteiger partial charge in [0.1, 0.15) is 5.54 Å². The van der Waals surface area contributed by atoms with Gasteiger partial charge in [0.15, 0.2) is 0 Å². The van der Waals surface area contributed by atoms with E-state index in [0.29, 0.717) is 30.6 Å². The van der Waals surface area contributed by atoms with Crippen LogP contribution in [0.3, 0.4) is 0 Å². The highest BCUT2D eigenvalue weighted by Gasteiger charge is 2.35. The van der Waals surface area contributed by atoms with Crippen LogP contribution in [0.2, 0.25) is 0 Å². The fourth-order valence-corrected chi connectivity index (χ4v) is 4.58. The van der Waals surface area contributed by atoms with Gasteiger partial charge in [-0.2, -0.15) is 5.26 Å². The molecule has 2 aliphatic rings. The average Bonchev–Trinajstić information content (AvgIpc) is 3.02. The Morgan fingerprint density at radius 1 is 1.29 bits per heavy atom. The van der Waals surface area contributed by atoms with Gasteiger partial charge in [-0.25, -0.2) is 8.42 Å². The number of amides is 1. The third kappa shape index (κ3) is 3.11. The number of carbonyl (C=O) groups is 1. The van der Waals surface area contributed by atoms with Gasteiger partial charge in [-0.1, -0.05) is 0 Å². The lowest BCUT2D eigenvalue weighted by Crippen LogP contribution is -2.45. The van der Waals surface area contributed by atoms with Crippen LogP contribution in [0.25, 0.3) is 0 Å².